The lowest BCUT2D eigenvalue weighted by Gasteiger charge is -2.44. The van der Waals surface area contributed by atoms with Gasteiger partial charge in [0.2, 0.25) is 0 Å². The minimum atomic E-state index is -1.11. The molecule has 0 aliphatic heterocycles. The van der Waals surface area contributed by atoms with E-state index < -0.39 is 5.41 Å². The average molecular weight is 322 g/mol. The molecule has 0 heterocycles. The Bertz CT molecular complexity index is 399. The molecule has 0 radical (unpaired) electrons. The third-order valence-electron chi connectivity index (χ3n) is 5.69. The maximum Gasteiger partial charge on any atom is 0.324 e. The second-order valence-corrected chi connectivity index (χ2v) is 6.92. The number of rotatable bonds is 6. The number of methoxy groups -OCH3 is 1. The lowest BCUT2D eigenvalue weighted by molar-refractivity contribution is -0.183. The molecule has 130 valence electrons. The van der Waals surface area contributed by atoms with Crippen LogP contribution in [0.2, 0.25) is 0 Å². The molecule has 0 saturated heterocycles. The highest BCUT2D eigenvalue weighted by molar-refractivity contribution is 6.01. The molecule has 0 N–H and O–H groups in total. The van der Waals surface area contributed by atoms with Crippen molar-refractivity contribution in [2.45, 2.75) is 64.2 Å². The summed E-state index contributed by atoms with van der Waals surface area (Å²) in [5.41, 5.74) is -1.11. The highest BCUT2D eigenvalue weighted by Crippen LogP contribution is 2.50. The van der Waals surface area contributed by atoms with Crippen molar-refractivity contribution >= 4 is 11.9 Å². The minimum absolute atomic E-state index is 0.0455. The van der Waals surface area contributed by atoms with Crippen LogP contribution in [0.4, 0.5) is 0 Å². The van der Waals surface area contributed by atoms with Gasteiger partial charge in [0, 0.05) is 0 Å². The fourth-order valence-electron chi connectivity index (χ4n) is 4.62. The molecule has 0 atom stereocenters. The normalized spacial score (nSPS) is 20.7. The molecule has 2 saturated carbocycles. The van der Waals surface area contributed by atoms with E-state index in [1.54, 1.807) is 6.08 Å². The van der Waals surface area contributed by atoms with Crippen LogP contribution >= 0.6 is 0 Å². The Labute approximate surface area is 139 Å². The molecule has 2 rings (SSSR count). The van der Waals surface area contributed by atoms with Crippen LogP contribution in [0, 0.1) is 17.3 Å². The molecule has 4 nitrogen and oxygen atoms in total. The first-order valence-corrected chi connectivity index (χ1v) is 9.04. The van der Waals surface area contributed by atoms with Gasteiger partial charge >= 0.3 is 11.9 Å². The van der Waals surface area contributed by atoms with E-state index in [9.17, 15) is 9.59 Å². The van der Waals surface area contributed by atoms with Crippen molar-refractivity contribution < 1.29 is 19.1 Å². The van der Waals surface area contributed by atoms with Crippen molar-refractivity contribution in [3.63, 3.8) is 0 Å². The number of hydrogen-bond donors (Lipinski definition) is 0. The summed E-state index contributed by atoms with van der Waals surface area (Å²) < 4.78 is 10.6. The Morgan fingerprint density at radius 1 is 0.957 bits per heavy atom. The fraction of sp³-hybridized carbons (Fsp3) is 0.789. The van der Waals surface area contributed by atoms with E-state index in [0.717, 1.165) is 51.4 Å². The minimum Gasteiger partial charge on any atom is -0.468 e. The number of carbonyl (C=O) groups is 2. The predicted octanol–water partition coefficient (Wildman–Crippen LogP) is 4.04. The SMILES string of the molecule is C=CCOC(=O)C(C(=O)OC)(C1CCCCC1)C1CCCCC1. The van der Waals surface area contributed by atoms with E-state index in [0.29, 0.717) is 0 Å². The highest BCUT2D eigenvalue weighted by atomic mass is 16.6. The van der Waals surface area contributed by atoms with Crippen LogP contribution in [0.25, 0.3) is 0 Å². The van der Waals surface area contributed by atoms with Crippen LogP contribution < -0.4 is 0 Å². The van der Waals surface area contributed by atoms with Crippen molar-refractivity contribution in [1.82, 2.24) is 0 Å². The zero-order valence-corrected chi connectivity index (χ0v) is 14.4. The molecule has 4 heteroatoms. The van der Waals surface area contributed by atoms with Crippen molar-refractivity contribution in [3.05, 3.63) is 12.7 Å². The maximum absolute atomic E-state index is 13.1. The molecule has 0 amide bonds. The summed E-state index contributed by atoms with van der Waals surface area (Å²) >= 11 is 0. The molecule has 0 spiro atoms. The summed E-state index contributed by atoms with van der Waals surface area (Å²) in [6.45, 7) is 3.76. The van der Waals surface area contributed by atoms with E-state index in [1.807, 2.05) is 0 Å². The van der Waals surface area contributed by atoms with Gasteiger partial charge in [0.25, 0.3) is 0 Å². The van der Waals surface area contributed by atoms with E-state index in [-0.39, 0.29) is 30.4 Å². The van der Waals surface area contributed by atoms with Crippen molar-refractivity contribution in [3.8, 4) is 0 Å². The van der Waals surface area contributed by atoms with Crippen molar-refractivity contribution in [2.24, 2.45) is 17.3 Å². The molecule has 0 aromatic carbocycles. The van der Waals surface area contributed by atoms with E-state index in [2.05, 4.69) is 6.58 Å². The largest absolute Gasteiger partial charge is 0.468 e. The van der Waals surface area contributed by atoms with Crippen LogP contribution in [0.15, 0.2) is 12.7 Å². The average Bonchev–Trinajstić information content (AvgIpc) is 2.62. The summed E-state index contributed by atoms with van der Waals surface area (Å²) in [4.78, 5) is 25.9. The Hall–Kier alpha value is -1.32. The maximum atomic E-state index is 13.1. The summed E-state index contributed by atoms with van der Waals surface area (Å²) in [5.74, 6) is -0.679. The van der Waals surface area contributed by atoms with Crippen LogP contribution in [-0.2, 0) is 19.1 Å². The number of esters is 2. The summed E-state index contributed by atoms with van der Waals surface area (Å²) in [7, 11) is 1.39. The molecule has 0 unspecified atom stereocenters. The lowest BCUT2D eigenvalue weighted by Crippen LogP contribution is -2.53. The number of carbonyl (C=O) groups excluding carboxylic acids is 2. The molecular weight excluding hydrogens is 292 g/mol. The van der Waals surface area contributed by atoms with Crippen molar-refractivity contribution in [2.75, 3.05) is 13.7 Å². The van der Waals surface area contributed by atoms with E-state index >= 15 is 0 Å². The first-order valence-electron chi connectivity index (χ1n) is 9.04. The van der Waals surface area contributed by atoms with Gasteiger partial charge in [-0.1, -0.05) is 51.2 Å². The molecular formula is C19H30O4. The van der Waals surface area contributed by atoms with E-state index in [1.165, 1.54) is 20.0 Å². The molecule has 0 aromatic rings. The van der Waals surface area contributed by atoms with Gasteiger partial charge in [-0.15, -0.1) is 0 Å². The molecule has 0 aromatic heterocycles. The molecule has 23 heavy (non-hydrogen) atoms. The fourth-order valence-corrected chi connectivity index (χ4v) is 4.62. The summed E-state index contributed by atoms with van der Waals surface area (Å²) in [6.07, 6.45) is 11.9. The van der Waals surface area contributed by atoms with Gasteiger partial charge in [0.05, 0.1) is 7.11 Å². The number of ether oxygens (including phenoxy) is 2. The van der Waals surface area contributed by atoms with Gasteiger partial charge in [-0.2, -0.15) is 0 Å². The first kappa shape index (κ1) is 18.0. The number of hydrogen-bond acceptors (Lipinski definition) is 4. The van der Waals surface area contributed by atoms with Crippen LogP contribution in [0.1, 0.15) is 64.2 Å². The third kappa shape index (κ3) is 3.61. The topological polar surface area (TPSA) is 52.6 Å². The van der Waals surface area contributed by atoms with Gasteiger partial charge in [-0.3, -0.25) is 9.59 Å². The molecule has 2 fully saturated rings. The molecule has 0 bridgehead atoms. The quantitative estimate of drug-likeness (QED) is 0.421. The third-order valence-corrected chi connectivity index (χ3v) is 5.69. The Morgan fingerprint density at radius 2 is 1.43 bits per heavy atom. The first-order chi connectivity index (χ1) is 11.2. The van der Waals surface area contributed by atoms with Gasteiger partial charge in [0.1, 0.15) is 6.61 Å². The van der Waals surface area contributed by atoms with Crippen LogP contribution in [-0.4, -0.2) is 25.7 Å². The van der Waals surface area contributed by atoms with Gasteiger partial charge in [0.15, 0.2) is 5.41 Å². The zero-order chi connectivity index (χ0) is 16.7. The lowest BCUT2D eigenvalue weighted by atomic mass is 9.58. The summed E-state index contributed by atoms with van der Waals surface area (Å²) in [6, 6.07) is 0. The monoisotopic (exact) mass is 322 g/mol. The summed E-state index contributed by atoms with van der Waals surface area (Å²) in [5, 5.41) is 0. The Morgan fingerprint density at radius 3 is 1.83 bits per heavy atom. The van der Waals surface area contributed by atoms with Crippen molar-refractivity contribution in [1.29, 1.82) is 0 Å². The van der Waals surface area contributed by atoms with E-state index in [4.69, 9.17) is 9.47 Å². The van der Waals surface area contributed by atoms with Crippen LogP contribution in [0.5, 0.6) is 0 Å². The van der Waals surface area contributed by atoms with Gasteiger partial charge < -0.3 is 9.47 Å². The zero-order valence-electron chi connectivity index (χ0n) is 14.4. The second-order valence-electron chi connectivity index (χ2n) is 6.92. The Kier molecular flexibility index (Phi) is 6.67. The second kappa shape index (κ2) is 8.51. The molecule has 2 aliphatic carbocycles. The standard InChI is InChI=1S/C19H30O4/c1-3-14-23-18(21)19(17(20)22-2,15-10-6-4-7-11-15)16-12-8-5-9-13-16/h3,15-16H,1,4-14H2,2H3. The predicted molar refractivity (Wildman–Crippen MR) is 88.8 cm³/mol. The van der Waals surface area contributed by atoms with Gasteiger partial charge in [-0.25, -0.2) is 0 Å². The smallest absolute Gasteiger partial charge is 0.324 e. The van der Waals surface area contributed by atoms with Crippen LogP contribution in [0.3, 0.4) is 0 Å². The Balaban J connectivity index is 2.39. The highest BCUT2D eigenvalue weighted by Gasteiger charge is 2.59. The van der Waals surface area contributed by atoms with Gasteiger partial charge in [-0.05, 0) is 37.5 Å². The molecule has 2 aliphatic rings.